The molecule has 1 unspecified atom stereocenters. The molecule has 1 aromatic rings. The molecule has 0 spiro atoms. The molecule has 0 radical (unpaired) electrons. The summed E-state index contributed by atoms with van der Waals surface area (Å²) in [5.41, 5.74) is -0.732. The van der Waals surface area contributed by atoms with E-state index in [1.54, 1.807) is 0 Å². The fraction of sp³-hybridized carbons (Fsp3) is 0.417. The third-order valence-corrected chi connectivity index (χ3v) is 3.10. The molecule has 0 amide bonds. The van der Waals surface area contributed by atoms with Crippen LogP contribution in [0.1, 0.15) is 12.5 Å². The average molecular weight is 274 g/mol. The van der Waals surface area contributed by atoms with E-state index >= 15 is 0 Å². The third-order valence-electron chi connectivity index (χ3n) is 2.04. The summed E-state index contributed by atoms with van der Waals surface area (Å²) in [7, 11) is 0. The molecule has 6 heteroatoms. The maximum atomic E-state index is 12.3. The molecule has 18 heavy (non-hydrogen) atoms. The maximum absolute atomic E-state index is 12.3. The molecule has 1 atom stereocenters. The van der Waals surface area contributed by atoms with Crippen LogP contribution in [0.2, 0.25) is 0 Å². The molecule has 1 rings (SSSR count). The lowest BCUT2D eigenvalue weighted by Crippen LogP contribution is -2.22. The molecule has 1 N–H and O–H groups in total. The molecule has 0 aromatic carbocycles. The first-order chi connectivity index (χ1) is 8.43. The number of nitrogens with one attached hydrogen (secondary N) is 1. The predicted molar refractivity (Wildman–Crippen MR) is 66.3 cm³/mol. The van der Waals surface area contributed by atoms with Crippen molar-refractivity contribution in [3.05, 3.63) is 23.9 Å². The fourth-order valence-corrected chi connectivity index (χ4v) is 2.09. The Bertz CT molecular complexity index is 409. The van der Waals surface area contributed by atoms with Gasteiger partial charge in [-0.2, -0.15) is 13.2 Å². The lowest BCUT2D eigenvalue weighted by molar-refractivity contribution is -0.137. The molecule has 0 fully saturated rings. The van der Waals surface area contributed by atoms with Crippen LogP contribution in [0.5, 0.6) is 0 Å². The number of terminal acetylenes is 1. The summed E-state index contributed by atoms with van der Waals surface area (Å²) < 4.78 is 36.9. The normalized spacial score (nSPS) is 13.1. The number of halogens is 3. The first kappa shape index (κ1) is 14.9. The lowest BCUT2D eigenvalue weighted by atomic mass is 10.3. The third kappa shape index (κ3) is 4.98. The zero-order valence-electron chi connectivity index (χ0n) is 9.79. The van der Waals surface area contributed by atoms with Gasteiger partial charge in [-0.1, -0.05) is 12.8 Å². The highest BCUT2D eigenvalue weighted by molar-refractivity contribution is 7.99. The van der Waals surface area contributed by atoms with Gasteiger partial charge < -0.3 is 5.32 Å². The Morgan fingerprint density at radius 2 is 2.22 bits per heavy atom. The second kappa shape index (κ2) is 6.66. The summed E-state index contributed by atoms with van der Waals surface area (Å²) in [4.78, 5) is 3.79. The SMILES string of the molecule is C#CCNCC(C)Sc1ccc(C(F)(F)F)cn1. The Labute approximate surface area is 108 Å². The van der Waals surface area contributed by atoms with E-state index in [2.05, 4.69) is 16.2 Å². The zero-order valence-corrected chi connectivity index (χ0v) is 10.6. The second-order valence-electron chi connectivity index (χ2n) is 3.65. The molecule has 0 aliphatic carbocycles. The number of alkyl halides is 3. The standard InChI is InChI=1S/C12H13F3N2S/c1-3-6-16-7-9(2)18-11-5-4-10(8-17-11)12(13,14)15/h1,4-5,8-9,16H,6-7H2,2H3. The molecule has 0 aliphatic heterocycles. The van der Waals surface area contributed by atoms with Crippen LogP contribution >= 0.6 is 11.8 Å². The van der Waals surface area contributed by atoms with E-state index in [0.29, 0.717) is 18.1 Å². The number of pyridine rings is 1. The Kier molecular flexibility index (Phi) is 5.51. The molecular formula is C12H13F3N2S. The van der Waals surface area contributed by atoms with E-state index in [-0.39, 0.29) is 5.25 Å². The molecule has 98 valence electrons. The first-order valence-electron chi connectivity index (χ1n) is 5.27. The molecule has 1 heterocycles. The van der Waals surface area contributed by atoms with Gasteiger partial charge in [-0.15, -0.1) is 18.2 Å². The van der Waals surface area contributed by atoms with Crippen molar-refractivity contribution in [1.29, 1.82) is 0 Å². The van der Waals surface area contributed by atoms with Crippen LogP contribution in [0.15, 0.2) is 23.4 Å². The van der Waals surface area contributed by atoms with Gasteiger partial charge in [-0.3, -0.25) is 0 Å². The quantitative estimate of drug-likeness (QED) is 0.508. The number of hydrogen-bond acceptors (Lipinski definition) is 3. The number of nitrogens with zero attached hydrogens (tertiary/aromatic N) is 1. The molecule has 0 bridgehead atoms. The van der Waals surface area contributed by atoms with Crippen molar-refractivity contribution >= 4 is 11.8 Å². The van der Waals surface area contributed by atoms with Gasteiger partial charge >= 0.3 is 6.18 Å². The monoisotopic (exact) mass is 274 g/mol. The minimum Gasteiger partial charge on any atom is -0.305 e. The van der Waals surface area contributed by atoms with Gasteiger partial charge in [0.25, 0.3) is 0 Å². The highest BCUT2D eigenvalue weighted by Gasteiger charge is 2.30. The van der Waals surface area contributed by atoms with Gasteiger partial charge in [-0.05, 0) is 12.1 Å². The maximum Gasteiger partial charge on any atom is 0.417 e. The van der Waals surface area contributed by atoms with E-state index in [1.807, 2.05) is 6.92 Å². The molecule has 0 aliphatic rings. The van der Waals surface area contributed by atoms with Crippen molar-refractivity contribution < 1.29 is 13.2 Å². The van der Waals surface area contributed by atoms with Crippen LogP contribution < -0.4 is 5.32 Å². The highest BCUT2D eigenvalue weighted by Crippen LogP contribution is 2.30. The Morgan fingerprint density at radius 1 is 1.50 bits per heavy atom. The van der Waals surface area contributed by atoms with E-state index in [9.17, 15) is 13.2 Å². The number of thioether (sulfide) groups is 1. The topological polar surface area (TPSA) is 24.9 Å². The minimum atomic E-state index is -4.34. The van der Waals surface area contributed by atoms with Crippen molar-refractivity contribution in [3.8, 4) is 12.3 Å². The molecular weight excluding hydrogens is 261 g/mol. The average Bonchev–Trinajstić information content (AvgIpc) is 2.29. The van der Waals surface area contributed by atoms with Crippen LogP contribution in [-0.4, -0.2) is 23.3 Å². The van der Waals surface area contributed by atoms with Gasteiger partial charge in [0.1, 0.15) is 0 Å². The Morgan fingerprint density at radius 3 is 2.72 bits per heavy atom. The summed E-state index contributed by atoms with van der Waals surface area (Å²) in [5.74, 6) is 2.45. The van der Waals surface area contributed by atoms with Crippen LogP contribution in [0.3, 0.4) is 0 Å². The van der Waals surface area contributed by atoms with Crippen molar-refractivity contribution in [2.75, 3.05) is 13.1 Å². The van der Waals surface area contributed by atoms with Crippen molar-refractivity contribution in [2.45, 2.75) is 23.4 Å². The van der Waals surface area contributed by atoms with Gasteiger partial charge in [0.15, 0.2) is 0 Å². The van der Waals surface area contributed by atoms with Crippen molar-refractivity contribution in [2.24, 2.45) is 0 Å². The number of rotatable bonds is 5. The summed E-state index contributed by atoms with van der Waals surface area (Å²) in [5, 5.41) is 3.78. The minimum absolute atomic E-state index is 0.183. The van der Waals surface area contributed by atoms with Gasteiger partial charge in [-0.25, -0.2) is 4.98 Å². The second-order valence-corrected chi connectivity index (χ2v) is 5.11. The smallest absolute Gasteiger partial charge is 0.305 e. The fourth-order valence-electron chi connectivity index (χ4n) is 1.21. The summed E-state index contributed by atoms with van der Waals surface area (Å²) in [6.07, 6.45) is 1.60. The first-order valence-corrected chi connectivity index (χ1v) is 6.15. The predicted octanol–water partition coefficient (Wildman–Crippen LogP) is 2.80. The Balaban J connectivity index is 2.51. The lowest BCUT2D eigenvalue weighted by Gasteiger charge is -2.11. The van der Waals surface area contributed by atoms with Gasteiger partial charge in [0, 0.05) is 18.0 Å². The number of hydrogen-bond donors (Lipinski definition) is 1. The van der Waals surface area contributed by atoms with Crippen LogP contribution in [0, 0.1) is 12.3 Å². The summed E-state index contributed by atoms with van der Waals surface area (Å²) >= 11 is 1.40. The van der Waals surface area contributed by atoms with E-state index < -0.39 is 11.7 Å². The molecule has 0 saturated heterocycles. The van der Waals surface area contributed by atoms with E-state index in [4.69, 9.17) is 6.42 Å². The number of aromatic nitrogens is 1. The largest absolute Gasteiger partial charge is 0.417 e. The van der Waals surface area contributed by atoms with Crippen molar-refractivity contribution in [3.63, 3.8) is 0 Å². The van der Waals surface area contributed by atoms with E-state index in [1.165, 1.54) is 17.8 Å². The van der Waals surface area contributed by atoms with Crippen LogP contribution in [-0.2, 0) is 6.18 Å². The summed E-state index contributed by atoms with van der Waals surface area (Å²) in [6, 6.07) is 2.42. The van der Waals surface area contributed by atoms with Crippen LogP contribution in [0.25, 0.3) is 0 Å². The molecule has 1 aromatic heterocycles. The molecule has 0 saturated carbocycles. The zero-order chi connectivity index (χ0) is 13.6. The van der Waals surface area contributed by atoms with Gasteiger partial charge in [0.05, 0.1) is 17.1 Å². The molecule has 2 nitrogen and oxygen atoms in total. The van der Waals surface area contributed by atoms with Gasteiger partial charge in [0.2, 0.25) is 0 Å². The highest BCUT2D eigenvalue weighted by atomic mass is 32.2. The van der Waals surface area contributed by atoms with Crippen molar-refractivity contribution in [1.82, 2.24) is 10.3 Å². The summed E-state index contributed by atoms with van der Waals surface area (Å²) in [6.45, 7) is 3.11. The van der Waals surface area contributed by atoms with Crippen LogP contribution in [0.4, 0.5) is 13.2 Å². The Hall–Kier alpha value is -1.19. The van der Waals surface area contributed by atoms with E-state index in [0.717, 1.165) is 12.3 Å².